The summed E-state index contributed by atoms with van der Waals surface area (Å²) in [5, 5.41) is 0. The second-order valence-corrected chi connectivity index (χ2v) is 6.63. The van der Waals surface area contributed by atoms with Gasteiger partial charge < -0.3 is 9.47 Å². The lowest BCUT2D eigenvalue weighted by molar-refractivity contribution is -0.137. The van der Waals surface area contributed by atoms with Crippen LogP contribution in [0.1, 0.15) is 50.3 Å². The molecule has 3 rings (SSSR count). The summed E-state index contributed by atoms with van der Waals surface area (Å²) in [4.78, 5) is 0. The zero-order valence-electron chi connectivity index (χ0n) is 14.8. The third-order valence-electron chi connectivity index (χ3n) is 4.69. The van der Waals surface area contributed by atoms with Crippen LogP contribution >= 0.6 is 0 Å². The number of ether oxygens (including phenoxy) is 2. The van der Waals surface area contributed by atoms with Crippen molar-refractivity contribution in [1.82, 2.24) is 0 Å². The fourth-order valence-corrected chi connectivity index (χ4v) is 3.27. The Morgan fingerprint density at radius 3 is 2.00 bits per heavy atom. The Labute approximate surface area is 145 Å². The van der Waals surface area contributed by atoms with Crippen molar-refractivity contribution in [2.24, 2.45) is 0 Å². The van der Waals surface area contributed by atoms with E-state index in [-0.39, 0.29) is 12.2 Å². The van der Waals surface area contributed by atoms with Crippen LogP contribution in [0.3, 0.4) is 0 Å². The maximum absolute atomic E-state index is 5.99. The summed E-state index contributed by atoms with van der Waals surface area (Å²) in [6, 6.07) is 17.6. The van der Waals surface area contributed by atoms with Gasteiger partial charge in [0, 0.05) is 0 Å². The van der Waals surface area contributed by atoms with Crippen molar-refractivity contribution in [3.8, 4) is 11.1 Å². The maximum Gasteiger partial charge on any atom is 0.106 e. The maximum atomic E-state index is 5.99. The first-order valence-corrected chi connectivity index (χ1v) is 9.22. The summed E-state index contributed by atoms with van der Waals surface area (Å²) in [6.07, 6.45) is 4.91. The van der Waals surface area contributed by atoms with Gasteiger partial charge in [-0.1, -0.05) is 75.2 Å². The van der Waals surface area contributed by atoms with Crippen molar-refractivity contribution in [3.05, 3.63) is 59.7 Å². The van der Waals surface area contributed by atoms with Crippen molar-refractivity contribution in [1.29, 1.82) is 0 Å². The van der Waals surface area contributed by atoms with E-state index >= 15 is 0 Å². The minimum absolute atomic E-state index is 0.0686. The first-order valence-electron chi connectivity index (χ1n) is 9.22. The van der Waals surface area contributed by atoms with E-state index in [1.165, 1.54) is 28.7 Å². The van der Waals surface area contributed by atoms with Crippen molar-refractivity contribution in [3.63, 3.8) is 0 Å². The molecule has 24 heavy (non-hydrogen) atoms. The van der Waals surface area contributed by atoms with Crippen LogP contribution in [0.2, 0.25) is 0 Å². The Bertz CT molecular complexity index is 607. The Morgan fingerprint density at radius 1 is 0.792 bits per heavy atom. The minimum Gasteiger partial charge on any atom is -0.373 e. The lowest BCUT2D eigenvalue weighted by atomic mass is 10.00. The number of benzene rings is 2. The number of aryl methyl sites for hydroxylation is 1. The Morgan fingerprint density at radius 2 is 1.46 bits per heavy atom. The standard InChI is InChI=1S/C22H28O2/c1-3-5-17-7-9-18(10-8-17)19-11-13-20(14-12-19)22-16-23-21(6-4-2)15-24-22/h7-14,21-22H,3-6,15-16H2,1-2H3/t21-,22-/m0/s1. The predicted octanol–water partition coefficient (Wildman–Crippen LogP) is 5.56. The number of hydrogen-bond donors (Lipinski definition) is 0. The van der Waals surface area contributed by atoms with E-state index in [2.05, 4.69) is 62.4 Å². The summed E-state index contributed by atoms with van der Waals surface area (Å²) in [5.41, 5.74) is 5.14. The zero-order valence-corrected chi connectivity index (χ0v) is 14.8. The molecule has 0 unspecified atom stereocenters. The average molecular weight is 324 g/mol. The number of rotatable bonds is 6. The van der Waals surface area contributed by atoms with Crippen LogP contribution in [0.5, 0.6) is 0 Å². The summed E-state index contributed by atoms with van der Waals surface area (Å²) in [7, 11) is 0. The lowest BCUT2D eigenvalue weighted by Gasteiger charge is -2.29. The highest BCUT2D eigenvalue weighted by Crippen LogP contribution is 2.27. The quantitative estimate of drug-likeness (QED) is 0.692. The topological polar surface area (TPSA) is 18.5 Å². The molecule has 0 radical (unpaired) electrons. The molecule has 1 aliphatic rings. The molecule has 2 heteroatoms. The van der Waals surface area contributed by atoms with Crippen LogP contribution in [-0.4, -0.2) is 19.3 Å². The summed E-state index contributed by atoms with van der Waals surface area (Å²) < 4.78 is 11.9. The van der Waals surface area contributed by atoms with E-state index in [1.807, 2.05) is 0 Å². The highest BCUT2D eigenvalue weighted by molar-refractivity contribution is 5.64. The first-order chi connectivity index (χ1) is 11.8. The molecule has 2 nitrogen and oxygen atoms in total. The number of hydrogen-bond acceptors (Lipinski definition) is 2. The average Bonchev–Trinajstić information content (AvgIpc) is 2.64. The van der Waals surface area contributed by atoms with Gasteiger partial charge in [0.1, 0.15) is 6.10 Å². The molecule has 1 heterocycles. The zero-order chi connectivity index (χ0) is 16.8. The van der Waals surface area contributed by atoms with Gasteiger partial charge in [-0.05, 0) is 35.1 Å². The molecule has 2 aromatic carbocycles. The van der Waals surface area contributed by atoms with Gasteiger partial charge in [-0.2, -0.15) is 0 Å². The minimum atomic E-state index is 0.0686. The van der Waals surface area contributed by atoms with Gasteiger partial charge in [-0.3, -0.25) is 0 Å². The van der Waals surface area contributed by atoms with Crippen molar-refractivity contribution < 1.29 is 9.47 Å². The Kier molecular flexibility index (Phi) is 6.06. The molecule has 2 aromatic rings. The Balaban J connectivity index is 1.63. The van der Waals surface area contributed by atoms with E-state index in [4.69, 9.17) is 9.47 Å². The normalized spacial score (nSPS) is 20.9. The van der Waals surface area contributed by atoms with Crippen LogP contribution in [0.4, 0.5) is 0 Å². The van der Waals surface area contributed by atoms with E-state index in [0.717, 1.165) is 19.3 Å². The molecule has 0 saturated carbocycles. The second-order valence-electron chi connectivity index (χ2n) is 6.63. The molecule has 1 saturated heterocycles. The summed E-state index contributed by atoms with van der Waals surface area (Å²) >= 11 is 0. The van der Waals surface area contributed by atoms with E-state index in [1.54, 1.807) is 0 Å². The predicted molar refractivity (Wildman–Crippen MR) is 99.2 cm³/mol. The van der Waals surface area contributed by atoms with Crippen LogP contribution in [-0.2, 0) is 15.9 Å². The summed E-state index contributed by atoms with van der Waals surface area (Å²) in [5.74, 6) is 0. The van der Waals surface area contributed by atoms with E-state index in [0.29, 0.717) is 13.2 Å². The molecule has 0 aliphatic carbocycles. The second kappa shape index (κ2) is 8.46. The molecule has 128 valence electrons. The molecular weight excluding hydrogens is 296 g/mol. The molecule has 0 bridgehead atoms. The molecule has 1 aliphatic heterocycles. The Hall–Kier alpha value is -1.64. The molecule has 0 N–H and O–H groups in total. The SMILES string of the molecule is CCCc1ccc(-c2ccc([C@@H]3CO[C@@H](CCC)CO3)cc2)cc1. The monoisotopic (exact) mass is 324 g/mol. The molecule has 0 amide bonds. The lowest BCUT2D eigenvalue weighted by Crippen LogP contribution is -2.30. The third kappa shape index (κ3) is 4.25. The molecule has 0 spiro atoms. The fourth-order valence-electron chi connectivity index (χ4n) is 3.27. The van der Waals surface area contributed by atoms with Gasteiger partial charge in [0.2, 0.25) is 0 Å². The highest BCUT2D eigenvalue weighted by atomic mass is 16.6. The van der Waals surface area contributed by atoms with Crippen LogP contribution in [0.25, 0.3) is 11.1 Å². The molecular formula is C22H28O2. The fraction of sp³-hybridized carbons (Fsp3) is 0.455. The van der Waals surface area contributed by atoms with E-state index < -0.39 is 0 Å². The van der Waals surface area contributed by atoms with Crippen LogP contribution in [0, 0.1) is 0 Å². The molecule has 2 atom stereocenters. The van der Waals surface area contributed by atoms with Gasteiger partial charge in [-0.25, -0.2) is 0 Å². The first kappa shape index (κ1) is 17.2. The highest BCUT2D eigenvalue weighted by Gasteiger charge is 2.22. The van der Waals surface area contributed by atoms with Crippen LogP contribution in [0.15, 0.2) is 48.5 Å². The van der Waals surface area contributed by atoms with Gasteiger partial charge in [0.15, 0.2) is 0 Å². The van der Waals surface area contributed by atoms with Crippen molar-refractivity contribution in [2.75, 3.05) is 13.2 Å². The van der Waals surface area contributed by atoms with Gasteiger partial charge in [0.05, 0.1) is 19.3 Å². The van der Waals surface area contributed by atoms with Crippen LogP contribution < -0.4 is 0 Å². The summed E-state index contributed by atoms with van der Waals surface area (Å²) in [6.45, 7) is 5.77. The van der Waals surface area contributed by atoms with Gasteiger partial charge in [-0.15, -0.1) is 0 Å². The molecule has 1 fully saturated rings. The van der Waals surface area contributed by atoms with Gasteiger partial charge >= 0.3 is 0 Å². The largest absolute Gasteiger partial charge is 0.373 e. The molecule has 0 aromatic heterocycles. The third-order valence-corrected chi connectivity index (χ3v) is 4.69. The van der Waals surface area contributed by atoms with Crippen molar-refractivity contribution in [2.45, 2.75) is 51.7 Å². The van der Waals surface area contributed by atoms with Gasteiger partial charge in [0.25, 0.3) is 0 Å². The smallest absolute Gasteiger partial charge is 0.106 e. The van der Waals surface area contributed by atoms with E-state index in [9.17, 15) is 0 Å². The van der Waals surface area contributed by atoms with Crippen molar-refractivity contribution >= 4 is 0 Å².